The summed E-state index contributed by atoms with van der Waals surface area (Å²) in [5, 5.41) is 0.438. The number of carbonyl (C=O) groups excluding carboxylic acids is 1. The van der Waals surface area contributed by atoms with E-state index in [0.717, 1.165) is 5.56 Å². The van der Waals surface area contributed by atoms with Crippen LogP contribution < -0.4 is 10.5 Å². The second kappa shape index (κ2) is 3.62. The molecular formula is C10H10ClNO3. The molecule has 0 aromatic heterocycles. The van der Waals surface area contributed by atoms with Gasteiger partial charge in [0.2, 0.25) is 0 Å². The highest BCUT2D eigenvalue weighted by molar-refractivity contribution is 6.32. The van der Waals surface area contributed by atoms with E-state index >= 15 is 0 Å². The van der Waals surface area contributed by atoms with Crippen molar-refractivity contribution in [2.75, 3.05) is 19.5 Å². The molecule has 15 heavy (non-hydrogen) atoms. The average Bonchev–Trinajstić information content (AvgIpc) is 2.66. The molecule has 80 valence electrons. The summed E-state index contributed by atoms with van der Waals surface area (Å²) in [6, 6.07) is 1.51. The summed E-state index contributed by atoms with van der Waals surface area (Å²) in [6.45, 7) is 0.516. The molecule has 0 saturated carbocycles. The molecule has 0 unspecified atom stereocenters. The van der Waals surface area contributed by atoms with E-state index in [4.69, 9.17) is 22.1 Å². The second-order valence-corrected chi connectivity index (χ2v) is 3.63. The van der Waals surface area contributed by atoms with Crippen LogP contribution in [-0.4, -0.2) is 19.7 Å². The molecule has 5 heteroatoms. The molecule has 1 heterocycles. The summed E-state index contributed by atoms with van der Waals surface area (Å²) in [6.07, 6.45) is 0.629. The lowest BCUT2D eigenvalue weighted by atomic mass is 10.0. The first-order valence-corrected chi connectivity index (χ1v) is 4.85. The van der Waals surface area contributed by atoms with E-state index in [2.05, 4.69) is 4.74 Å². The Morgan fingerprint density at radius 2 is 2.40 bits per heavy atom. The summed E-state index contributed by atoms with van der Waals surface area (Å²) in [7, 11) is 1.32. The Bertz CT molecular complexity index is 431. The lowest BCUT2D eigenvalue weighted by molar-refractivity contribution is 0.0601. The molecule has 1 aliphatic rings. The minimum absolute atomic E-state index is 0.330. The van der Waals surface area contributed by atoms with Crippen LogP contribution in [0.25, 0.3) is 0 Å². The minimum atomic E-state index is -0.453. The number of esters is 1. The number of halogens is 1. The molecule has 2 rings (SSSR count). The lowest BCUT2D eigenvalue weighted by Crippen LogP contribution is -2.08. The molecule has 0 bridgehead atoms. The zero-order chi connectivity index (χ0) is 11.0. The van der Waals surface area contributed by atoms with Crippen molar-refractivity contribution in [2.24, 2.45) is 0 Å². The number of nitrogens with two attached hydrogens (primary N) is 1. The van der Waals surface area contributed by atoms with Gasteiger partial charge in [0, 0.05) is 17.7 Å². The van der Waals surface area contributed by atoms with Crippen LogP contribution in [0, 0.1) is 0 Å². The highest BCUT2D eigenvalue weighted by Crippen LogP contribution is 2.39. The van der Waals surface area contributed by atoms with Gasteiger partial charge in [-0.05, 0) is 6.07 Å². The Hall–Kier alpha value is -1.42. The molecule has 0 radical (unpaired) electrons. The van der Waals surface area contributed by atoms with Crippen LogP contribution in [0.3, 0.4) is 0 Å². The molecule has 0 spiro atoms. The maximum atomic E-state index is 11.5. The van der Waals surface area contributed by atoms with Crippen LogP contribution in [0.1, 0.15) is 15.9 Å². The maximum Gasteiger partial charge on any atom is 0.340 e. The van der Waals surface area contributed by atoms with Gasteiger partial charge < -0.3 is 15.2 Å². The average molecular weight is 228 g/mol. The van der Waals surface area contributed by atoms with Crippen molar-refractivity contribution in [1.29, 1.82) is 0 Å². The number of benzene rings is 1. The van der Waals surface area contributed by atoms with Gasteiger partial charge in [-0.1, -0.05) is 11.6 Å². The van der Waals surface area contributed by atoms with Crippen LogP contribution in [0.4, 0.5) is 5.69 Å². The largest absolute Gasteiger partial charge is 0.491 e. The molecule has 0 atom stereocenters. The standard InChI is InChI=1S/C10H10ClNO3/c1-14-10(13)8-5-2-3-15-9(5)6(11)4-7(8)12/h4H,2-3,12H2,1H3. The molecular weight excluding hydrogens is 218 g/mol. The number of fused-ring (bicyclic) bond motifs is 1. The number of methoxy groups -OCH3 is 1. The van der Waals surface area contributed by atoms with E-state index in [9.17, 15) is 4.79 Å². The predicted octanol–water partition coefficient (Wildman–Crippen LogP) is 1.64. The SMILES string of the molecule is COC(=O)c1c(N)cc(Cl)c2c1CCO2. The van der Waals surface area contributed by atoms with E-state index < -0.39 is 5.97 Å². The third kappa shape index (κ3) is 1.51. The number of nitrogen functional groups attached to an aromatic ring is 1. The third-order valence-electron chi connectivity index (χ3n) is 2.35. The first kappa shape index (κ1) is 10.1. The van der Waals surface area contributed by atoms with Crippen molar-refractivity contribution >= 4 is 23.3 Å². The van der Waals surface area contributed by atoms with Crippen LogP contribution in [-0.2, 0) is 11.2 Å². The Morgan fingerprint density at radius 3 is 3.07 bits per heavy atom. The Labute approximate surface area is 91.9 Å². The summed E-state index contributed by atoms with van der Waals surface area (Å²) < 4.78 is 9.99. The smallest absolute Gasteiger partial charge is 0.340 e. The van der Waals surface area contributed by atoms with Gasteiger partial charge in [-0.15, -0.1) is 0 Å². The van der Waals surface area contributed by atoms with Crippen LogP contribution in [0.2, 0.25) is 5.02 Å². The topological polar surface area (TPSA) is 61.5 Å². The van der Waals surface area contributed by atoms with Crippen LogP contribution >= 0.6 is 11.6 Å². The molecule has 0 aliphatic carbocycles. The number of carbonyl (C=O) groups is 1. The molecule has 1 aliphatic heterocycles. The van der Waals surface area contributed by atoms with Crippen molar-refractivity contribution in [3.8, 4) is 5.75 Å². The predicted molar refractivity (Wildman–Crippen MR) is 56.4 cm³/mol. The van der Waals surface area contributed by atoms with E-state index in [1.807, 2.05) is 0 Å². The molecule has 4 nitrogen and oxygen atoms in total. The zero-order valence-electron chi connectivity index (χ0n) is 8.17. The highest BCUT2D eigenvalue weighted by Gasteiger charge is 2.26. The fourth-order valence-electron chi connectivity index (χ4n) is 1.70. The normalized spacial score (nSPS) is 13.2. The Morgan fingerprint density at radius 1 is 1.67 bits per heavy atom. The monoisotopic (exact) mass is 227 g/mol. The molecule has 0 saturated heterocycles. The van der Waals surface area contributed by atoms with E-state index in [-0.39, 0.29) is 0 Å². The van der Waals surface area contributed by atoms with Crippen LogP contribution in [0.5, 0.6) is 5.75 Å². The van der Waals surface area contributed by atoms with Crippen molar-refractivity contribution in [1.82, 2.24) is 0 Å². The van der Waals surface area contributed by atoms with Crippen molar-refractivity contribution < 1.29 is 14.3 Å². The summed E-state index contributed by atoms with van der Waals surface area (Å²) in [4.78, 5) is 11.5. The van der Waals surface area contributed by atoms with Crippen molar-refractivity contribution in [3.63, 3.8) is 0 Å². The van der Waals surface area contributed by atoms with E-state index in [0.29, 0.717) is 35.1 Å². The summed E-state index contributed by atoms with van der Waals surface area (Å²) >= 11 is 5.94. The Kier molecular flexibility index (Phi) is 2.44. The highest BCUT2D eigenvalue weighted by atomic mass is 35.5. The first-order chi connectivity index (χ1) is 7.15. The molecule has 2 N–H and O–H groups in total. The number of hydrogen-bond acceptors (Lipinski definition) is 4. The minimum Gasteiger partial charge on any atom is -0.491 e. The number of anilines is 1. The van der Waals surface area contributed by atoms with Gasteiger partial charge in [0.1, 0.15) is 5.75 Å². The Balaban J connectivity index is 2.64. The van der Waals surface area contributed by atoms with Crippen molar-refractivity contribution in [2.45, 2.75) is 6.42 Å². The van der Waals surface area contributed by atoms with E-state index in [1.165, 1.54) is 13.2 Å². The number of rotatable bonds is 1. The van der Waals surface area contributed by atoms with Gasteiger partial charge in [0.05, 0.1) is 24.3 Å². The first-order valence-electron chi connectivity index (χ1n) is 4.47. The zero-order valence-corrected chi connectivity index (χ0v) is 8.93. The summed E-state index contributed by atoms with van der Waals surface area (Å²) in [5.74, 6) is 0.0946. The number of hydrogen-bond donors (Lipinski definition) is 1. The third-order valence-corrected chi connectivity index (χ3v) is 2.63. The molecule has 1 aromatic carbocycles. The van der Waals surface area contributed by atoms with Gasteiger partial charge in [-0.2, -0.15) is 0 Å². The van der Waals surface area contributed by atoms with Gasteiger partial charge in [-0.25, -0.2) is 4.79 Å². The van der Waals surface area contributed by atoms with Crippen LogP contribution in [0.15, 0.2) is 6.07 Å². The lowest BCUT2D eigenvalue weighted by Gasteiger charge is -2.09. The van der Waals surface area contributed by atoms with Crippen molar-refractivity contribution in [3.05, 3.63) is 22.2 Å². The van der Waals surface area contributed by atoms with Gasteiger partial charge in [-0.3, -0.25) is 0 Å². The fourth-order valence-corrected chi connectivity index (χ4v) is 1.99. The quantitative estimate of drug-likeness (QED) is 0.585. The maximum absolute atomic E-state index is 11.5. The fraction of sp³-hybridized carbons (Fsp3) is 0.300. The molecule has 1 aromatic rings. The molecule has 0 amide bonds. The number of ether oxygens (including phenoxy) is 2. The summed E-state index contributed by atoms with van der Waals surface area (Å²) in [5.41, 5.74) is 7.17. The van der Waals surface area contributed by atoms with Gasteiger partial charge in [0.25, 0.3) is 0 Å². The second-order valence-electron chi connectivity index (χ2n) is 3.22. The molecule has 0 fully saturated rings. The van der Waals surface area contributed by atoms with E-state index in [1.54, 1.807) is 0 Å². The van der Waals surface area contributed by atoms with Gasteiger partial charge >= 0.3 is 5.97 Å². The van der Waals surface area contributed by atoms with Gasteiger partial charge in [0.15, 0.2) is 0 Å².